The van der Waals surface area contributed by atoms with Crippen LogP contribution in [0, 0.1) is 4.77 Å². The quantitative estimate of drug-likeness (QED) is 0.770. The van der Waals surface area contributed by atoms with Gasteiger partial charge in [0.05, 0.1) is 20.3 Å². The van der Waals surface area contributed by atoms with Gasteiger partial charge < -0.3 is 14.9 Å². The summed E-state index contributed by atoms with van der Waals surface area (Å²) in [6, 6.07) is 5.86. The first kappa shape index (κ1) is 15.4. The summed E-state index contributed by atoms with van der Waals surface area (Å²) >= 11 is 5.20. The Morgan fingerprint density at radius 2 is 2.14 bits per heavy atom. The smallest absolute Gasteiger partial charge is 0.214 e. The third-order valence-electron chi connectivity index (χ3n) is 3.03. The molecule has 0 amide bonds. The Morgan fingerprint density at radius 1 is 1.33 bits per heavy atom. The van der Waals surface area contributed by atoms with E-state index in [1.54, 1.807) is 11.8 Å². The Balaban J connectivity index is 2.13. The van der Waals surface area contributed by atoms with Gasteiger partial charge in [-0.3, -0.25) is 5.10 Å². The van der Waals surface area contributed by atoms with Crippen molar-refractivity contribution >= 4 is 12.2 Å². The molecule has 0 aliphatic rings. The van der Waals surface area contributed by atoms with E-state index in [0.717, 1.165) is 29.3 Å². The molecule has 0 bridgehead atoms. The number of benzene rings is 1. The minimum absolute atomic E-state index is 0.560. The van der Waals surface area contributed by atoms with Gasteiger partial charge in [0.2, 0.25) is 4.77 Å². The van der Waals surface area contributed by atoms with Gasteiger partial charge in [0, 0.05) is 6.42 Å². The van der Waals surface area contributed by atoms with Gasteiger partial charge in [0.25, 0.3) is 0 Å². The van der Waals surface area contributed by atoms with E-state index < -0.39 is 0 Å². The Bertz CT molecular complexity index is 651. The zero-order chi connectivity index (χ0) is 15.2. The number of nitrogens with zero attached hydrogens (tertiary/aromatic N) is 2. The van der Waals surface area contributed by atoms with Crippen LogP contribution in [-0.4, -0.2) is 28.6 Å². The third kappa shape index (κ3) is 3.55. The lowest BCUT2D eigenvalue weighted by atomic mass is 10.2. The molecule has 21 heavy (non-hydrogen) atoms. The molecular weight excluding hydrogens is 288 g/mol. The zero-order valence-electron chi connectivity index (χ0n) is 12.5. The fourth-order valence-electron chi connectivity index (χ4n) is 2.00. The predicted octanol–water partition coefficient (Wildman–Crippen LogP) is 2.65. The SMILES string of the molecule is CCOc1ccc(CNn2c(CC)n[nH]c2=S)cc1OC. The topological polar surface area (TPSA) is 64.1 Å². The van der Waals surface area contributed by atoms with E-state index in [9.17, 15) is 0 Å². The summed E-state index contributed by atoms with van der Waals surface area (Å²) in [5, 5.41) is 6.94. The Kier molecular flexibility index (Phi) is 5.21. The molecule has 1 aromatic heterocycles. The normalized spacial score (nSPS) is 10.4. The number of hydrogen-bond donors (Lipinski definition) is 2. The molecule has 1 aromatic carbocycles. The second-order valence-corrected chi connectivity index (χ2v) is 4.77. The molecule has 1 heterocycles. The van der Waals surface area contributed by atoms with Gasteiger partial charge >= 0.3 is 0 Å². The van der Waals surface area contributed by atoms with Gasteiger partial charge in [0.1, 0.15) is 0 Å². The Labute approximate surface area is 129 Å². The van der Waals surface area contributed by atoms with E-state index in [1.165, 1.54) is 0 Å². The van der Waals surface area contributed by atoms with E-state index >= 15 is 0 Å². The molecule has 0 aliphatic heterocycles. The van der Waals surface area contributed by atoms with Crippen LogP contribution in [0.4, 0.5) is 0 Å². The van der Waals surface area contributed by atoms with Crippen molar-refractivity contribution in [1.29, 1.82) is 0 Å². The van der Waals surface area contributed by atoms with Gasteiger partial charge in [0.15, 0.2) is 17.3 Å². The van der Waals surface area contributed by atoms with Crippen molar-refractivity contribution in [3.05, 3.63) is 34.4 Å². The summed E-state index contributed by atoms with van der Waals surface area (Å²) < 4.78 is 13.2. The van der Waals surface area contributed by atoms with Crippen LogP contribution < -0.4 is 14.9 Å². The van der Waals surface area contributed by atoms with E-state index in [4.69, 9.17) is 21.7 Å². The molecule has 0 atom stereocenters. The van der Waals surface area contributed by atoms with Crippen molar-refractivity contribution in [2.75, 3.05) is 19.1 Å². The lowest BCUT2D eigenvalue weighted by molar-refractivity contribution is 0.310. The molecule has 0 spiro atoms. The number of aromatic amines is 1. The second kappa shape index (κ2) is 7.12. The van der Waals surface area contributed by atoms with Gasteiger partial charge in [-0.1, -0.05) is 13.0 Å². The highest BCUT2D eigenvalue weighted by Crippen LogP contribution is 2.28. The standard InChI is InChI=1S/C14H20N4O2S/c1-4-13-16-17-14(21)18(13)15-9-10-6-7-11(20-5-2)12(8-10)19-3/h6-8,15H,4-5,9H2,1-3H3,(H,17,21). The van der Waals surface area contributed by atoms with Crippen molar-refractivity contribution in [1.82, 2.24) is 14.9 Å². The van der Waals surface area contributed by atoms with Crippen LogP contribution in [0.3, 0.4) is 0 Å². The second-order valence-electron chi connectivity index (χ2n) is 4.39. The molecule has 2 aromatic rings. The molecule has 114 valence electrons. The van der Waals surface area contributed by atoms with Crippen molar-refractivity contribution < 1.29 is 9.47 Å². The highest BCUT2D eigenvalue weighted by molar-refractivity contribution is 7.71. The number of aromatic nitrogens is 3. The number of nitrogens with one attached hydrogen (secondary N) is 2. The molecule has 7 heteroatoms. The van der Waals surface area contributed by atoms with Crippen LogP contribution in [0.1, 0.15) is 25.2 Å². The molecule has 0 fully saturated rings. The first-order chi connectivity index (χ1) is 10.2. The van der Waals surface area contributed by atoms with Crippen molar-refractivity contribution in [3.63, 3.8) is 0 Å². The van der Waals surface area contributed by atoms with Gasteiger partial charge in [-0.2, -0.15) is 5.10 Å². The molecule has 2 rings (SSSR count). The zero-order valence-corrected chi connectivity index (χ0v) is 13.3. The highest BCUT2D eigenvalue weighted by atomic mass is 32.1. The van der Waals surface area contributed by atoms with Crippen molar-refractivity contribution in [2.45, 2.75) is 26.8 Å². The first-order valence-corrected chi connectivity index (χ1v) is 7.30. The number of methoxy groups -OCH3 is 1. The van der Waals surface area contributed by atoms with Gasteiger partial charge in [-0.25, -0.2) is 4.68 Å². The average molecular weight is 308 g/mol. The number of H-pyrrole nitrogens is 1. The summed E-state index contributed by atoms with van der Waals surface area (Å²) in [4.78, 5) is 0. The molecule has 0 saturated carbocycles. The predicted molar refractivity (Wildman–Crippen MR) is 84.0 cm³/mol. The van der Waals surface area contributed by atoms with Crippen LogP contribution in [0.5, 0.6) is 11.5 Å². The van der Waals surface area contributed by atoms with Crippen molar-refractivity contribution in [2.24, 2.45) is 0 Å². The molecule has 6 nitrogen and oxygen atoms in total. The van der Waals surface area contributed by atoms with Crippen LogP contribution in [0.25, 0.3) is 0 Å². The fourth-order valence-corrected chi connectivity index (χ4v) is 2.21. The summed E-state index contributed by atoms with van der Waals surface area (Å²) in [7, 11) is 1.64. The summed E-state index contributed by atoms with van der Waals surface area (Å²) in [6.07, 6.45) is 0.798. The van der Waals surface area contributed by atoms with Crippen molar-refractivity contribution in [3.8, 4) is 11.5 Å². The third-order valence-corrected chi connectivity index (χ3v) is 3.30. The molecule has 0 radical (unpaired) electrons. The monoisotopic (exact) mass is 308 g/mol. The minimum Gasteiger partial charge on any atom is -0.493 e. The summed E-state index contributed by atoms with van der Waals surface area (Å²) in [6.45, 7) is 5.20. The maximum absolute atomic E-state index is 5.51. The van der Waals surface area contributed by atoms with Crippen LogP contribution in [0.15, 0.2) is 18.2 Å². The maximum Gasteiger partial charge on any atom is 0.214 e. The van der Waals surface area contributed by atoms with E-state index in [0.29, 0.717) is 17.9 Å². The number of aryl methyl sites for hydroxylation is 1. The highest BCUT2D eigenvalue weighted by Gasteiger charge is 2.07. The van der Waals surface area contributed by atoms with Gasteiger partial charge in [-0.05, 0) is 36.8 Å². The van der Waals surface area contributed by atoms with Crippen LogP contribution in [0.2, 0.25) is 0 Å². The molecule has 2 N–H and O–H groups in total. The fraction of sp³-hybridized carbons (Fsp3) is 0.429. The van der Waals surface area contributed by atoms with E-state index in [1.807, 2.05) is 32.0 Å². The van der Waals surface area contributed by atoms with Crippen LogP contribution in [-0.2, 0) is 13.0 Å². The molecule has 0 unspecified atom stereocenters. The first-order valence-electron chi connectivity index (χ1n) is 6.89. The van der Waals surface area contributed by atoms with E-state index in [2.05, 4.69) is 15.6 Å². The van der Waals surface area contributed by atoms with Crippen LogP contribution >= 0.6 is 12.2 Å². The largest absolute Gasteiger partial charge is 0.493 e. The summed E-state index contributed by atoms with van der Waals surface area (Å²) in [5.74, 6) is 2.35. The minimum atomic E-state index is 0.560. The van der Waals surface area contributed by atoms with Gasteiger partial charge in [-0.15, -0.1) is 0 Å². The number of hydrogen-bond acceptors (Lipinski definition) is 5. The molecular formula is C14H20N4O2S. The lowest BCUT2D eigenvalue weighted by Crippen LogP contribution is -2.17. The molecule has 0 saturated heterocycles. The summed E-state index contributed by atoms with van der Waals surface area (Å²) in [5.41, 5.74) is 4.32. The maximum atomic E-state index is 5.51. The average Bonchev–Trinajstić information content (AvgIpc) is 2.86. The Morgan fingerprint density at radius 3 is 2.81 bits per heavy atom. The number of rotatable bonds is 7. The van der Waals surface area contributed by atoms with E-state index in [-0.39, 0.29) is 0 Å². The number of ether oxygens (including phenoxy) is 2. The molecule has 0 aliphatic carbocycles. The Hall–Kier alpha value is -2.02. The lowest BCUT2D eigenvalue weighted by Gasteiger charge is -2.13.